The minimum Gasteiger partial charge on any atom is -0.478 e. The minimum absolute atomic E-state index is 0.00395. The smallest absolute Gasteiger partial charge is 0.336 e. The molecule has 0 saturated carbocycles. The van der Waals surface area contributed by atoms with Crippen molar-refractivity contribution in [2.24, 2.45) is 0 Å². The van der Waals surface area contributed by atoms with E-state index in [0.717, 1.165) is 5.56 Å². The van der Waals surface area contributed by atoms with Gasteiger partial charge in [-0.05, 0) is 29.7 Å². The van der Waals surface area contributed by atoms with Gasteiger partial charge in [0.1, 0.15) is 0 Å². The van der Waals surface area contributed by atoms with Crippen molar-refractivity contribution in [2.45, 2.75) is 11.3 Å². The molecule has 0 radical (unpaired) electrons. The van der Waals surface area contributed by atoms with Gasteiger partial charge in [-0.2, -0.15) is 0 Å². The first kappa shape index (κ1) is 14.1. The molecule has 0 fully saturated rings. The molecule has 0 aliphatic rings. The summed E-state index contributed by atoms with van der Waals surface area (Å²) in [7, 11) is 0. The Morgan fingerprint density at radius 2 is 1.45 bits per heavy atom. The van der Waals surface area contributed by atoms with E-state index < -0.39 is 11.9 Å². The van der Waals surface area contributed by atoms with Crippen molar-refractivity contribution in [3.8, 4) is 0 Å². The van der Waals surface area contributed by atoms with Gasteiger partial charge >= 0.3 is 11.9 Å². The summed E-state index contributed by atoms with van der Waals surface area (Å²) < 4.78 is 0. The fourth-order valence-corrected chi connectivity index (χ4v) is 2.36. The number of aromatic carboxylic acids is 2. The summed E-state index contributed by atoms with van der Waals surface area (Å²) in [6, 6.07) is 11.8. The molecule has 0 saturated heterocycles. The van der Waals surface area contributed by atoms with E-state index >= 15 is 0 Å². The van der Waals surface area contributed by atoms with E-state index in [-0.39, 0.29) is 16.0 Å². The highest BCUT2D eigenvalue weighted by Gasteiger charge is 2.18. The average molecular weight is 288 g/mol. The number of carboxylic acids is 2. The molecule has 0 aliphatic heterocycles. The predicted molar refractivity (Wildman–Crippen MR) is 76.9 cm³/mol. The summed E-state index contributed by atoms with van der Waals surface area (Å²) in [5, 5.41) is 18.3. The average Bonchev–Trinajstić information content (AvgIpc) is 2.41. The topological polar surface area (TPSA) is 74.6 Å². The van der Waals surface area contributed by atoms with Crippen molar-refractivity contribution in [3.05, 3.63) is 64.7 Å². The van der Waals surface area contributed by atoms with Gasteiger partial charge in [0.15, 0.2) is 0 Å². The molecule has 0 aliphatic carbocycles. The summed E-state index contributed by atoms with van der Waals surface area (Å²) in [6.07, 6.45) is 0.322. The highest BCUT2D eigenvalue weighted by molar-refractivity contribution is 7.80. The molecular weight excluding hydrogens is 276 g/mol. The van der Waals surface area contributed by atoms with Crippen molar-refractivity contribution >= 4 is 24.6 Å². The lowest BCUT2D eigenvalue weighted by molar-refractivity contribution is 0.0677. The normalized spacial score (nSPS) is 10.2. The molecule has 0 heterocycles. The Morgan fingerprint density at radius 1 is 0.900 bits per heavy atom. The Kier molecular flexibility index (Phi) is 4.10. The Hall–Kier alpha value is -2.27. The molecule has 0 aromatic heterocycles. The van der Waals surface area contributed by atoms with Crippen LogP contribution in [0.2, 0.25) is 0 Å². The van der Waals surface area contributed by atoms with Crippen LogP contribution < -0.4 is 0 Å². The first-order chi connectivity index (χ1) is 9.50. The van der Waals surface area contributed by atoms with Crippen molar-refractivity contribution in [1.82, 2.24) is 0 Å². The van der Waals surface area contributed by atoms with Crippen LogP contribution in [0.4, 0.5) is 0 Å². The molecule has 2 N–H and O–H groups in total. The van der Waals surface area contributed by atoms with Gasteiger partial charge in [0, 0.05) is 4.90 Å². The number of carbonyl (C=O) groups is 2. The number of hydrogen-bond donors (Lipinski definition) is 3. The SMILES string of the molecule is O=C(O)c1ccc(C(=O)O)c(Cc2ccccc2)c1S. The molecule has 2 rings (SSSR count). The number of benzene rings is 2. The van der Waals surface area contributed by atoms with E-state index in [2.05, 4.69) is 12.6 Å². The second-order valence-corrected chi connectivity index (χ2v) is 4.71. The van der Waals surface area contributed by atoms with Crippen LogP contribution in [0.15, 0.2) is 47.4 Å². The summed E-state index contributed by atoms with van der Waals surface area (Å²) in [4.78, 5) is 22.6. The maximum atomic E-state index is 11.3. The summed E-state index contributed by atoms with van der Waals surface area (Å²) in [5.74, 6) is -2.22. The van der Waals surface area contributed by atoms with Gasteiger partial charge in [-0.15, -0.1) is 12.6 Å². The highest BCUT2D eigenvalue weighted by atomic mass is 32.1. The minimum atomic E-state index is -1.12. The number of rotatable bonds is 4. The number of thiol groups is 1. The zero-order valence-corrected chi connectivity index (χ0v) is 11.3. The van der Waals surface area contributed by atoms with E-state index in [1.54, 1.807) is 0 Å². The highest BCUT2D eigenvalue weighted by Crippen LogP contribution is 2.26. The molecule has 0 bridgehead atoms. The maximum absolute atomic E-state index is 11.3. The predicted octanol–water partition coefficient (Wildman–Crippen LogP) is 2.96. The molecule has 0 unspecified atom stereocenters. The molecule has 0 amide bonds. The number of carboxylic acid groups (broad SMARTS) is 2. The van der Waals surface area contributed by atoms with Crippen LogP contribution in [0.5, 0.6) is 0 Å². The zero-order chi connectivity index (χ0) is 14.7. The van der Waals surface area contributed by atoms with Gasteiger partial charge < -0.3 is 10.2 Å². The third kappa shape index (κ3) is 2.83. The van der Waals surface area contributed by atoms with Crippen LogP contribution in [0, 0.1) is 0 Å². The molecule has 5 heteroatoms. The fraction of sp³-hybridized carbons (Fsp3) is 0.0667. The Morgan fingerprint density at radius 3 is 2.00 bits per heavy atom. The summed E-state index contributed by atoms with van der Waals surface area (Å²) in [6.45, 7) is 0. The van der Waals surface area contributed by atoms with E-state index in [0.29, 0.717) is 12.0 Å². The first-order valence-corrected chi connectivity index (χ1v) is 6.30. The summed E-state index contributed by atoms with van der Waals surface area (Å²) >= 11 is 4.20. The Bertz CT molecular complexity index is 665. The fourth-order valence-electron chi connectivity index (χ4n) is 1.99. The van der Waals surface area contributed by atoms with Crippen LogP contribution in [-0.2, 0) is 6.42 Å². The maximum Gasteiger partial charge on any atom is 0.336 e. The molecule has 0 atom stereocenters. The zero-order valence-electron chi connectivity index (χ0n) is 10.4. The van der Waals surface area contributed by atoms with Crippen molar-refractivity contribution in [1.29, 1.82) is 0 Å². The van der Waals surface area contributed by atoms with Crippen LogP contribution >= 0.6 is 12.6 Å². The molecular formula is C15H12O4S. The lowest BCUT2D eigenvalue weighted by Crippen LogP contribution is -2.08. The second kappa shape index (κ2) is 5.79. The van der Waals surface area contributed by atoms with Crippen molar-refractivity contribution < 1.29 is 19.8 Å². The van der Waals surface area contributed by atoms with E-state index in [4.69, 9.17) is 5.11 Å². The number of hydrogen-bond acceptors (Lipinski definition) is 3. The third-order valence-corrected chi connectivity index (χ3v) is 3.48. The lowest BCUT2D eigenvalue weighted by Gasteiger charge is -2.12. The third-order valence-electron chi connectivity index (χ3n) is 2.97. The molecule has 20 heavy (non-hydrogen) atoms. The van der Waals surface area contributed by atoms with Crippen LogP contribution in [0.25, 0.3) is 0 Å². The van der Waals surface area contributed by atoms with E-state index in [1.807, 2.05) is 30.3 Å². The van der Waals surface area contributed by atoms with E-state index in [9.17, 15) is 14.7 Å². The summed E-state index contributed by atoms with van der Waals surface area (Å²) in [5.41, 5.74) is 1.38. The standard InChI is InChI=1S/C15H12O4S/c16-14(17)10-6-7-11(15(18)19)13(20)12(10)8-9-4-2-1-3-5-9/h1-7,20H,8H2,(H,16,17)(H,18,19). The quantitative estimate of drug-likeness (QED) is 0.756. The van der Waals surface area contributed by atoms with Gasteiger partial charge in [0.05, 0.1) is 11.1 Å². The van der Waals surface area contributed by atoms with Gasteiger partial charge in [-0.3, -0.25) is 0 Å². The Labute approximate surface area is 121 Å². The largest absolute Gasteiger partial charge is 0.478 e. The molecule has 0 spiro atoms. The Balaban J connectivity index is 2.56. The van der Waals surface area contributed by atoms with Gasteiger partial charge in [-0.25, -0.2) is 9.59 Å². The first-order valence-electron chi connectivity index (χ1n) is 5.86. The molecule has 4 nitrogen and oxygen atoms in total. The second-order valence-electron chi connectivity index (χ2n) is 4.26. The molecule has 2 aromatic rings. The molecule has 2 aromatic carbocycles. The van der Waals surface area contributed by atoms with Crippen LogP contribution in [0.3, 0.4) is 0 Å². The lowest BCUT2D eigenvalue weighted by atomic mass is 9.97. The van der Waals surface area contributed by atoms with Gasteiger partial charge in [0.2, 0.25) is 0 Å². The van der Waals surface area contributed by atoms with Crippen molar-refractivity contribution in [2.75, 3.05) is 0 Å². The molecule has 102 valence electrons. The van der Waals surface area contributed by atoms with Crippen molar-refractivity contribution in [3.63, 3.8) is 0 Å². The van der Waals surface area contributed by atoms with Gasteiger partial charge in [0.25, 0.3) is 0 Å². The monoisotopic (exact) mass is 288 g/mol. The van der Waals surface area contributed by atoms with Crippen LogP contribution in [0.1, 0.15) is 31.8 Å². The van der Waals surface area contributed by atoms with Crippen LogP contribution in [-0.4, -0.2) is 22.2 Å². The van der Waals surface area contributed by atoms with Gasteiger partial charge in [-0.1, -0.05) is 30.3 Å². The van der Waals surface area contributed by atoms with E-state index in [1.165, 1.54) is 12.1 Å².